The van der Waals surface area contributed by atoms with Gasteiger partial charge < -0.3 is 0 Å². The second-order valence-corrected chi connectivity index (χ2v) is 5.09. The number of aromatic nitrogens is 2. The first-order valence-electron chi connectivity index (χ1n) is 6.22. The molecule has 20 heavy (non-hydrogen) atoms. The first-order chi connectivity index (χ1) is 9.51. The Morgan fingerprint density at radius 3 is 2.70 bits per heavy atom. The Morgan fingerprint density at radius 1 is 1.30 bits per heavy atom. The Labute approximate surface area is 122 Å². The molecule has 6 heteroatoms. The van der Waals surface area contributed by atoms with Crippen molar-refractivity contribution in [3.05, 3.63) is 57.6 Å². The second kappa shape index (κ2) is 6.26. The molecule has 0 aliphatic rings. The molecule has 2 aromatic rings. The molecular formula is C14H16ClFN4. The highest BCUT2D eigenvalue weighted by Gasteiger charge is 2.16. The van der Waals surface area contributed by atoms with E-state index in [9.17, 15) is 4.39 Å². The van der Waals surface area contributed by atoms with E-state index in [2.05, 4.69) is 15.6 Å². The van der Waals surface area contributed by atoms with Gasteiger partial charge in [-0.15, -0.1) is 0 Å². The number of hydrogen-bond donors (Lipinski definition) is 2. The lowest BCUT2D eigenvalue weighted by molar-refractivity contribution is 0.543. The molecule has 0 fully saturated rings. The molecule has 1 aromatic heterocycles. The molecule has 0 saturated carbocycles. The van der Waals surface area contributed by atoms with E-state index in [1.165, 1.54) is 12.1 Å². The van der Waals surface area contributed by atoms with Crippen LogP contribution >= 0.6 is 11.6 Å². The molecule has 0 amide bonds. The highest BCUT2D eigenvalue weighted by Crippen LogP contribution is 2.25. The third-order valence-corrected chi connectivity index (χ3v) is 3.51. The lowest BCUT2D eigenvalue weighted by atomic mass is 9.98. The molecule has 0 aliphatic carbocycles. The maximum Gasteiger partial charge on any atom is 0.124 e. The topological polar surface area (TPSA) is 63.8 Å². The number of halogens is 2. The van der Waals surface area contributed by atoms with E-state index in [4.69, 9.17) is 17.4 Å². The molecule has 1 aromatic carbocycles. The van der Waals surface area contributed by atoms with Crippen LogP contribution in [0.25, 0.3) is 0 Å². The summed E-state index contributed by atoms with van der Waals surface area (Å²) < 4.78 is 13.1. The van der Waals surface area contributed by atoms with Gasteiger partial charge in [0.1, 0.15) is 5.82 Å². The molecular weight excluding hydrogens is 279 g/mol. The summed E-state index contributed by atoms with van der Waals surface area (Å²) in [6.07, 6.45) is 0.543. The zero-order chi connectivity index (χ0) is 14.7. The minimum absolute atomic E-state index is 0.160. The van der Waals surface area contributed by atoms with Gasteiger partial charge in [0.2, 0.25) is 0 Å². The first-order valence-corrected chi connectivity index (χ1v) is 6.60. The fraction of sp³-hybridized carbons (Fsp3) is 0.286. The number of nitrogens with two attached hydrogens (primary N) is 1. The number of nitrogens with zero attached hydrogens (tertiary/aromatic N) is 2. The van der Waals surface area contributed by atoms with E-state index in [-0.39, 0.29) is 11.9 Å². The van der Waals surface area contributed by atoms with Gasteiger partial charge in [-0.3, -0.25) is 11.3 Å². The molecule has 1 unspecified atom stereocenters. The standard InChI is InChI=1S/C14H16ClFN4/c1-8-5-12(9(2)20-19-8)14(18-17)6-10-3-4-11(16)7-13(10)15/h3-5,7,14,18H,6,17H2,1-2H3. The highest BCUT2D eigenvalue weighted by molar-refractivity contribution is 6.31. The van der Waals surface area contributed by atoms with Crippen molar-refractivity contribution in [3.63, 3.8) is 0 Å². The van der Waals surface area contributed by atoms with Crippen LogP contribution in [0.4, 0.5) is 4.39 Å². The number of rotatable bonds is 4. The van der Waals surface area contributed by atoms with E-state index in [0.29, 0.717) is 11.4 Å². The summed E-state index contributed by atoms with van der Waals surface area (Å²) in [5.41, 5.74) is 6.16. The van der Waals surface area contributed by atoms with Crippen molar-refractivity contribution < 1.29 is 4.39 Å². The summed E-state index contributed by atoms with van der Waals surface area (Å²) in [6, 6.07) is 6.13. The van der Waals surface area contributed by atoms with Crippen molar-refractivity contribution in [2.75, 3.05) is 0 Å². The zero-order valence-corrected chi connectivity index (χ0v) is 12.1. The Morgan fingerprint density at radius 2 is 2.05 bits per heavy atom. The van der Waals surface area contributed by atoms with Crippen LogP contribution in [0, 0.1) is 19.7 Å². The maximum atomic E-state index is 13.1. The predicted octanol–water partition coefficient (Wildman–Crippen LogP) is 2.63. The van der Waals surface area contributed by atoms with E-state index in [0.717, 1.165) is 22.5 Å². The monoisotopic (exact) mass is 294 g/mol. The maximum absolute atomic E-state index is 13.1. The van der Waals surface area contributed by atoms with Gasteiger partial charge in [0.15, 0.2) is 0 Å². The summed E-state index contributed by atoms with van der Waals surface area (Å²) in [6.45, 7) is 3.74. The largest absolute Gasteiger partial charge is 0.271 e. The van der Waals surface area contributed by atoms with Crippen molar-refractivity contribution in [2.45, 2.75) is 26.3 Å². The number of hydrazine groups is 1. The Balaban J connectivity index is 2.31. The van der Waals surface area contributed by atoms with E-state index in [1.54, 1.807) is 6.07 Å². The van der Waals surface area contributed by atoms with E-state index < -0.39 is 0 Å². The highest BCUT2D eigenvalue weighted by atomic mass is 35.5. The van der Waals surface area contributed by atoms with Crippen molar-refractivity contribution in [1.82, 2.24) is 15.6 Å². The number of benzene rings is 1. The Kier molecular flexibility index (Phi) is 4.65. The van der Waals surface area contributed by atoms with E-state index in [1.807, 2.05) is 19.9 Å². The number of aryl methyl sites for hydroxylation is 2. The molecule has 106 valence electrons. The molecule has 0 spiro atoms. The molecule has 0 aliphatic heterocycles. The minimum Gasteiger partial charge on any atom is -0.271 e. The van der Waals surface area contributed by atoms with Crippen LogP contribution in [-0.4, -0.2) is 10.2 Å². The average molecular weight is 295 g/mol. The zero-order valence-electron chi connectivity index (χ0n) is 11.3. The quantitative estimate of drug-likeness (QED) is 0.672. The summed E-state index contributed by atoms with van der Waals surface area (Å²) in [4.78, 5) is 0. The van der Waals surface area contributed by atoms with Gasteiger partial charge in [-0.1, -0.05) is 17.7 Å². The molecule has 1 heterocycles. The summed E-state index contributed by atoms with van der Waals surface area (Å²) in [7, 11) is 0. The Bertz CT molecular complexity index is 618. The van der Waals surface area contributed by atoms with Crippen LogP contribution in [0.15, 0.2) is 24.3 Å². The third-order valence-electron chi connectivity index (χ3n) is 3.16. The minimum atomic E-state index is -0.353. The van der Waals surface area contributed by atoms with Gasteiger partial charge in [0, 0.05) is 5.02 Å². The van der Waals surface area contributed by atoms with Crippen LogP contribution in [0.2, 0.25) is 5.02 Å². The fourth-order valence-electron chi connectivity index (χ4n) is 2.09. The molecule has 0 bridgehead atoms. The SMILES string of the molecule is Cc1cc(C(Cc2ccc(F)cc2Cl)NN)c(C)nn1. The van der Waals surface area contributed by atoms with Gasteiger partial charge in [0.05, 0.1) is 17.4 Å². The number of nitrogens with one attached hydrogen (secondary N) is 1. The lowest BCUT2D eigenvalue weighted by Crippen LogP contribution is -2.30. The number of hydrogen-bond acceptors (Lipinski definition) is 4. The van der Waals surface area contributed by atoms with Gasteiger partial charge >= 0.3 is 0 Å². The molecule has 0 saturated heterocycles. The van der Waals surface area contributed by atoms with Crippen LogP contribution in [-0.2, 0) is 6.42 Å². The van der Waals surface area contributed by atoms with Crippen LogP contribution in [0.3, 0.4) is 0 Å². The van der Waals surface area contributed by atoms with Crippen molar-refractivity contribution in [2.24, 2.45) is 5.84 Å². The van der Waals surface area contributed by atoms with E-state index >= 15 is 0 Å². The van der Waals surface area contributed by atoms with Gasteiger partial charge in [-0.05, 0) is 49.6 Å². The fourth-order valence-corrected chi connectivity index (χ4v) is 2.33. The lowest BCUT2D eigenvalue weighted by Gasteiger charge is -2.18. The molecule has 4 nitrogen and oxygen atoms in total. The summed E-state index contributed by atoms with van der Waals surface area (Å²) in [5, 5.41) is 8.48. The van der Waals surface area contributed by atoms with Gasteiger partial charge in [0.25, 0.3) is 0 Å². The van der Waals surface area contributed by atoms with Crippen molar-refractivity contribution in [1.29, 1.82) is 0 Å². The average Bonchev–Trinajstić information content (AvgIpc) is 2.41. The molecule has 2 rings (SSSR count). The summed E-state index contributed by atoms with van der Waals surface area (Å²) >= 11 is 6.05. The Hall–Kier alpha value is -1.56. The molecule has 0 radical (unpaired) electrons. The van der Waals surface area contributed by atoms with Crippen molar-refractivity contribution >= 4 is 11.6 Å². The summed E-state index contributed by atoms with van der Waals surface area (Å²) in [5.74, 6) is 5.28. The normalized spacial score (nSPS) is 12.4. The van der Waals surface area contributed by atoms with Crippen LogP contribution in [0.1, 0.15) is 28.6 Å². The van der Waals surface area contributed by atoms with Crippen LogP contribution in [0.5, 0.6) is 0 Å². The van der Waals surface area contributed by atoms with Crippen molar-refractivity contribution in [3.8, 4) is 0 Å². The first kappa shape index (κ1) is 14.8. The molecule has 1 atom stereocenters. The van der Waals surface area contributed by atoms with Crippen LogP contribution < -0.4 is 11.3 Å². The second-order valence-electron chi connectivity index (χ2n) is 4.69. The van der Waals surface area contributed by atoms with Gasteiger partial charge in [-0.25, -0.2) is 4.39 Å². The smallest absolute Gasteiger partial charge is 0.124 e. The third kappa shape index (κ3) is 3.30. The van der Waals surface area contributed by atoms with Gasteiger partial charge in [-0.2, -0.15) is 10.2 Å². The predicted molar refractivity (Wildman–Crippen MR) is 76.7 cm³/mol. The molecule has 3 N–H and O–H groups in total.